The Morgan fingerprint density at radius 2 is 1.91 bits per heavy atom. The predicted molar refractivity (Wildman–Crippen MR) is 92.0 cm³/mol. The van der Waals surface area contributed by atoms with Crippen molar-refractivity contribution in [3.05, 3.63) is 43.0 Å². The maximum Gasteiger partial charge on any atom is 0.133 e. The van der Waals surface area contributed by atoms with Crippen molar-refractivity contribution in [2.24, 2.45) is 0 Å². The van der Waals surface area contributed by atoms with Gasteiger partial charge >= 0.3 is 0 Å². The molecular formula is C19H29NO2. The third-order valence-electron chi connectivity index (χ3n) is 4.30. The molecule has 0 amide bonds. The first-order chi connectivity index (χ1) is 10.7. The topological polar surface area (TPSA) is 49.3 Å². The van der Waals surface area contributed by atoms with Crippen molar-refractivity contribution < 1.29 is 9.90 Å². The van der Waals surface area contributed by atoms with Crippen molar-refractivity contribution in [2.45, 2.75) is 57.4 Å². The molecule has 0 aliphatic heterocycles. The summed E-state index contributed by atoms with van der Waals surface area (Å²) in [4.78, 5) is 11.5. The van der Waals surface area contributed by atoms with Crippen molar-refractivity contribution in [3.8, 4) is 5.75 Å². The van der Waals surface area contributed by atoms with Crippen molar-refractivity contribution in [3.63, 3.8) is 0 Å². The van der Waals surface area contributed by atoms with Crippen LogP contribution in [0.3, 0.4) is 0 Å². The first-order valence-electron chi connectivity index (χ1n) is 8.22. The highest BCUT2D eigenvalue weighted by atomic mass is 16.3. The first kappa shape index (κ1) is 18.4. The summed E-state index contributed by atoms with van der Waals surface area (Å²) < 4.78 is 0. The molecule has 1 aliphatic carbocycles. The molecule has 0 bridgehead atoms. The molecule has 22 heavy (non-hydrogen) atoms. The summed E-state index contributed by atoms with van der Waals surface area (Å²) in [5.74, 6) is 0.658. The van der Waals surface area contributed by atoms with E-state index in [0.717, 1.165) is 31.4 Å². The second kappa shape index (κ2) is 9.42. The van der Waals surface area contributed by atoms with Crippen molar-refractivity contribution >= 4 is 5.78 Å². The van der Waals surface area contributed by atoms with E-state index >= 15 is 0 Å². The van der Waals surface area contributed by atoms with Gasteiger partial charge in [0.25, 0.3) is 0 Å². The van der Waals surface area contributed by atoms with Crippen LogP contribution in [-0.4, -0.2) is 17.4 Å². The van der Waals surface area contributed by atoms with Crippen molar-refractivity contribution in [1.82, 2.24) is 5.32 Å². The van der Waals surface area contributed by atoms with Gasteiger partial charge in [-0.05, 0) is 43.5 Å². The molecule has 0 spiro atoms. The SMILES string of the molecule is C=C.CCCCCNC1(c2cccc(O)c2)CCC(=O)CC1. The second-order valence-electron chi connectivity index (χ2n) is 5.80. The second-order valence-corrected chi connectivity index (χ2v) is 5.80. The van der Waals surface area contributed by atoms with Gasteiger partial charge in [-0.25, -0.2) is 0 Å². The van der Waals surface area contributed by atoms with E-state index in [-0.39, 0.29) is 5.54 Å². The van der Waals surface area contributed by atoms with Gasteiger partial charge in [0, 0.05) is 18.4 Å². The zero-order valence-electron chi connectivity index (χ0n) is 13.7. The Morgan fingerprint density at radius 1 is 1.23 bits per heavy atom. The summed E-state index contributed by atoms with van der Waals surface area (Å²) in [6.07, 6.45) is 6.53. The van der Waals surface area contributed by atoms with Gasteiger partial charge in [0.15, 0.2) is 0 Å². The van der Waals surface area contributed by atoms with Crippen LogP contribution >= 0.6 is 0 Å². The molecule has 0 unspecified atom stereocenters. The van der Waals surface area contributed by atoms with E-state index < -0.39 is 0 Å². The lowest BCUT2D eigenvalue weighted by molar-refractivity contribution is -0.121. The Bertz CT molecular complexity index is 460. The first-order valence-corrected chi connectivity index (χ1v) is 8.22. The third-order valence-corrected chi connectivity index (χ3v) is 4.30. The smallest absolute Gasteiger partial charge is 0.133 e. The highest BCUT2D eigenvalue weighted by Crippen LogP contribution is 2.37. The fourth-order valence-corrected chi connectivity index (χ4v) is 3.03. The predicted octanol–water partition coefficient (Wildman–Crippen LogP) is 4.31. The molecule has 0 saturated heterocycles. The molecule has 1 fully saturated rings. The highest BCUT2D eigenvalue weighted by Gasteiger charge is 2.35. The van der Waals surface area contributed by atoms with Gasteiger partial charge in [-0.15, -0.1) is 13.2 Å². The molecule has 2 N–H and O–H groups in total. The number of carbonyl (C=O) groups is 1. The van der Waals surface area contributed by atoms with Gasteiger partial charge in [-0.1, -0.05) is 31.9 Å². The lowest BCUT2D eigenvalue weighted by Gasteiger charge is -2.38. The minimum atomic E-state index is -0.139. The van der Waals surface area contributed by atoms with Crippen molar-refractivity contribution in [2.75, 3.05) is 6.54 Å². The van der Waals surface area contributed by atoms with Crippen LogP contribution in [0.15, 0.2) is 37.4 Å². The molecule has 1 aromatic carbocycles. The molecular weight excluding hydrogens is 274 g/mol. The molecule has 0 aromatic heterocycles. The van der Waals surface area contributed by atoms with Gasteiger partial charge in [-0.3, -0.25) is 4.79 Å². The maximum absolute atomic E-state index is 11.5. The minimum absolute atomic E-state index is 0.139. The van der Waals surface area contributed by atoms with Crippen LogP contribution < -0.4 is 5.32 Å². The zero-order chi connectivity index (χ0) is 16.4. The quantitative estimate of drug-likeness (QED) is 0.608. The number of aromatic hydroxyl groups is 1. The number of hydrogen-bond acceptors (Lipinski definition) is 3. The van der Waals surface area contributed by atoms with Gasteiger partial charge in [-0.2, -0.15) is 0 Å². The molecule has 0 atom stereocenters. The molecule has 2 rings (SSSR count). The number of unbranched alkanes of at least 4 members (excludes halogenated alkanes) is 2. The summed E-state index contributed by atoms with van der Waals surface area (Å²) in [7, 11) is 0. The van der Waals surface area contributed by atoms with E-state index in [2.05, 4.69) is 31.5 Å². The van der Waals surface area contributed by atoms with Gasteiger partial charge in [0.1, 0.15) is 11.5 Å². The number of nitrogens with one attached hydrogen (secondary N) is 1. The average molecular weight is 303 g/mol. The van der Waals surface area contributed by atoms with E-state index in [1.165, 1.54) is 12.8 Å². The minimum Gasteiger partial charge on any atom is -0.508 e. The average Bonchev–Trinajstić information content (AvgIpc) is 2.55. The molecule has 1 aliphatic rings. The normalized spacial score (nSPS) is 16.7. The van der Waals surface area contributed by atoms with Gasteiger partial charge < -0.3 is 10.4 Å². The van der Waals surface area contributed by atoms with E-state index in [1.807, 2.05) is 12.1 Å². The summed E-state index contributed by atoms with van der Waals surface area (Å²) in [5.41, 5.74) is 0.974. The van der Waals surface area contributed by atoms with Gasteiger partial charge in [0.05, 0.1) is 0 Å². The monoisotopic (exact) mass is 303 g/mol. The number of ketones is 1. The molecule has 122 valence electrons. The highest BCUT2D eigenvalue weighted by molar-refractivity contribution is 5.79. The molecule has 0 radical (unpaired) electrons. The summed E-state index contributed by atoms with van der Waals surface area (Å²) >= 11 is 0. The summed E-state index contributed by atoms with van der Waals surface area (Å²) in [6.45, 7) is 9.17. The Morgan fingerprint density at radius 3 is 2.50 bits per heavy atom. The molecule has 1 aromatic rings. The number of benzene rings is 1. The number of Topliss-reactive ketones (excluding diaryl/α,β-unsaturated/α-hetero) is 1. The number of carbonyl (C=O) groups excluding carboxylic acids is 1. The fourth-order valence-electron chi connectivity index (χ4n) is 3.03. The molecule has 0 heterocycles. The van der Waals surface area contributed by atoms with E-state index in [0.29, 0.717) is 24.4 Å². The van der Waals surface area contributed by atoms with Crippen LogP contribution in [0.25, 0.3) is 0 Å². The summed E-state index contributed by atoms with van der Waals surface area (Å²) in [6, 6.07) is 7.48. The number of hydrogen-bond donors (Lipinski definition) is 2. The Hall–Kier alpha value is -1.61. The third kappa shape index (κ3) is 4.99. The molecule has 3 nitrogen and oxygen atoms in total. The number of phenolic OH excluding ortho intramolecular Hbond substituents is 1. The van der Waals surface area contributed by atoms with Crippen LogP contribution in [0.1, 0.15) is 57.4 Å². The number of phenols is 1. The maximum atomic E-state index is 11.5. The molecule has 1 saturated carbocycles. The van der Waals surface area contributed by atoms with Crippen LogP contribution in [0.4, 0.5) is 0 Å². The summed E-state index contributed by atoms with van der Waals surface area (Å²) in [5, 5.41) is 13.4. The van der Waals surface area contributed by atoms with Gasteiger partial charge in [0.2, 0.25) is 0 Å². The van der Waals surface area contributed by atoms with E-state index in [4.69, 9.17) is 0 Å². The van der Waals surface area contributed by atoms with Crippen LogP contribution in [0.2, 0.25) is 0 Å². The van der Waals surface area contributed by atoms with Crippen LogP contribution in [-0.2, 0) is 10.3 Å². The van der Waals surface area contributed by atoms with Crippen LogP contribution in [0, 0.1) is 0 Å². The van der Waals surface area contributed by atoms with Crippen molar-refractivity contribution in [1.29, 1.82) is 0 Å². The lowest BCUT2D eigenvalue weighted by atomic mass is 9.76. The van der Waals surface area contributed by atoms with E-state index in [1.54, 1.807) is 6.07 Å². The molecule has 3 heteroatoms. The number of rotatable bonds is 6. The fraction of sp³-hybridized carbons (Fsp3) is 0.526. The standard InChI is InChI=1S/C17H25NO2.C2H4/c1-2-3-4-12-18-17(10-8-15(19)9-11-17)14-6-5-7-16(20)13-14;1-2/h5-7,13,18,20H,2-4,8-12H2,1H3;1-2H2. The Labute approximate surface area is 134 Å². The van der Waals surface area contributed by atoms with Crippen LogP contribution in [0.5, 0.6) is 5.75 Å². The largest absolute Gasteiger partial charge is 0.508 e. The van der Waals surface area contributed by atoms with E-state index in [9.17, 15) is 9.90 Å². The zero-order valence-corrected chi connectivity index (χ0v) is 13.7. The Balaban J connectivity index is 0.00000116. The Kier molecular flexibility index (Phi) is 7.89. The lowest BCUT2D eigenvalue weighted by Crippen LogP contribution is -2.45.